The van der Waals surface area contributed by atoms with Gasteiger partial charge >= 0.3 is 5.97 Å². The third-order valence-electron chi connectivity index (χ3n) is 3.30. The molecule has 2 rings (SSSR count). The largest absolute Gasteiger partial charge is 0.478 e. The maximum Gasteiger partial charge on any atom is 0.335 e. The molecule has 1 heterocycles. The van der Waals surface area contributed by atoms with Crippen LogP contribution in [0.25, 0.3) is 0 Å². The molecule has 0 radical (unpaired) electrons. The minimum Gasteiger partial charge on any atom is -0.478 e. The first-order chi connectivity index (χ1) is 9.00. The summed E-state index contributed by atoms with van der Waals surface area (Å²) in [5.74, 6) is -1.32. The molecule has 0 unspecified atom stereocenters. The van der Waals surface area contributed by atoms with E-state index in [0.29, 0.717) is 12.1 Å². The highest BCUT2D eigenvalue weighted by atomic mass is 16.5. The van der Waals surface area contributed by atoms with Gasteiger partial charge in [-0.2, -0.15) is 0 Å². The number of carboxylic acid groups (broad SMARTS) is 1. The average molecular weight is 263 g/mol. The number of aromatic carboxylic acids is 1. The molecule has 0 saturated carbocycles. The smallest absolute Gasteiger partial charge is 0.335 e. The summed E-state index contributed by atoms with van der Waals surface area (Å²) in [6.07, 6.45) is 1.92. The van der Waals surface area contributed by atoms with Crippen LogP contribution in [0.15, 0.2) is 24.3 Å². The summed E-state index contributed by atoms with van der Waals surface area (Å²) in [6.45, 7) is 3.12. The van der Waals surface area contributed by atoms with Gasteiger partial charge in [0.25, 0.3) is 5.91 Å². The number of hydrogen-bond donors (Lipinski definition) is 2. The van der Waals surface area contributed by atoms with Crippen LogP contribution >= 0.6 is 0 Å². The molecule has 0 aromatic heterocycles. The third kappa shape index (κ3) is 3.32. The average Bonchev–Trinajstić information content (AvgIpc) is 2.83. The zero-order valence-electron chi connectivity index (χ0n) is 10.8. The first kappa shape index (κ1) is 13.5. The van der Waals surface area contributed by atoms with Crippen molar-refractivity contribution in [1.82, 2.24) is 5.32 Å². The second-order valence-electron chi connectivity index (χ2n) is 4.97. The van der Waals surface area contributed by atoms with Gasteiger partial charge < -0.3 is 15.2 Å². The molecule has 1 saturated heterocycles. The number of carboxylic acids is 1. The summed E-state index contributed by atoms with van der Waals surface area (Å²) >= 11 is 0. The van der Waals surface area contributed by atoms with E-state index >= 15 is 0 Å². The van der Waals surface area contributed by atoms with Gasteiger partial charge in [-0.1, -0.05) is 6.07 Å². The van der Waals surface area contributed by atoms with Crippen LogP contribution in [0.1, 0.15) is 40.5 Å². The van der Waals surface area contributed by atoms with Crippen molar-refractivity contribution in [3.8, 4) is 0 Å². The van der Waals surface area contributed by atoms with Crippen LogP contribution in [0, 0.1) is 0 Å². The fraction of sp³-hybridized carbons (Fsp3) is 0.429. The number of nitrogens with one attached hydrogen (secondary N) is 1. The zero-order valence-corrected chi connectivity index (χ0v) is 10.8. The molecule has 0 aliphatic carbocycles. The van der Waals surface area contributed by atoms with E-state index in [0.717, 1.165) is 19.4 Å². The van der Waals surface area contributed by atoms with Crippen LogP contribution in [0.2, 0.25) is 0 Å². The summed E-state index contributed by atoms with van der Waals surface area (Å²) < 4.78 is 5.58. The summed E-state index contributed by atoms with van der Waals surface area (Å²) in [7, 11) is 0. The van der Waals surface area contributed by atoms with Gasteiger partial charge in [-0.25, -0.2) is 4.79 Å². The van der Waals surface area contributed by atoms with Crippen molar-refractivity contribution in [2.24, 2.45) is 0 Å². The van der Waals surface area contributed by atoms with E-state index in [1.165, 1.54) is 12.1 Å². The summed E-state index contributed by atoms with van der Waals surface area (Å²) in [6, 6.07) is 5.99. The minimum atomic E-state index is -1.04. The van der Waals surface area contributed by atoms with Gasteiger partial charge in [0.15, 0.2) is 0 Å². The number of carbonyl (C=O) groups excluding carboxylic acids is 1. The topological polar surface area (TPSA) is 75.6 Å². The van der Waals surface area contributed by atoms with Crippen LogP contribution in [-0.4, -0.2) is 35.7 Å². The second kappa shape index (κ2) is 5.40. The van der Waals surface area contributed by atoms with Crippen molar-refractivity contribution in [3.05, 3.63) is 35.4 Å². The van der Waals surface area contributed by atoms with E-state index in [4.69, 9.17) is 9.84 Å². The number of rotatable bonds is 4. The van der Waals surface area contributed by atoms with Gasteiger partial charge in [0.1, 0.15) is 0 Å². The van der Waals surface area contributed by atoms with Gasteiger partial charge in [-0.05, 0) is 38.0 Å². The molecule has 0 spiro atoms. The molecule has 1 aromatic rings. The molecule has 5 nitrogen and oxygen atoms in total. The van der Waals surface area contributed by atoms with Gasteiger partial charge in [-0.15, -0.1) is 0 Å². The predicted molar refractivity (Wildman–Crippen MR) is 69.3 cm³/mol. The first-order valence-electron chi connectivity index (χ1n) is 6.26. The molecule has 1 aliphatic rings. The SMILES string of the molecule is C[C@@]1(CNC(=O)c2cccc(C(=O)O)c2)CCCO1. The second-order valence-corrected chi connectivity index (χ2v) is 4.97. The lowest BCUT2D eigenvalue weighted by molar-refractivity contribution is 0.0206. The van der Waals surface area contributed by atoms with Crippen molar-refractivity contribution in [1.29, 1.82) is 0 Å². The Morgan fingerprint density at radius 1 is 1.42 bits per heavy atom. The summed E-state index contributed by atoms with van der Waals surface area (Å²) in [5, 5.41) is 11.7. The Kier molecular flexibility index (Phi) is 3.85. The van der Waals surface area contributed by atoms with Crippen LogP contribution in [-0.2, 0) is 4.74 Å². The van der Waals surface area contributed by atoms with Gasteiger partial charge in [0.2, 0.25) is 0 Å². The molecule has 5 heteroatoms. The van der Waals surface area contributed by atoms with E-state index in [9.17, 15) is 9.59 Å². The third-order valence-corrected chi connectivity index (χ3v) is 3.30. The lowest BCUT2D eigenvalue weighted by Gasteiger charge is -2.23. The Morgan fingerprint density at radius 2 is 2.16 bits per heavy atom. The first-order valence-corrected chi connectivity index (χ1v) is 6.26. The molecule has 102 valence electrons. The Labute approximate surface area is 111 Å². The molecular formula is C14H17NO4. The van der Waals surface area contributed by atoms with Crippen molar-refractivity contribution in [2.75, 3.05) is 13.2 Å². The summed E-state index contributed by atoms with van der Waals surface area (Å²) in [4.78, 5) is 22.8. The molecule has 1 aromatic carbocycles. The molecule has 19 heavy (non-hydrogen) atoms. The maximum atomic E-state index is 12.0. The number of benzene rings is 1. The number of hydrogen-bond acceptors (Lipinski definition) is 3. The number of ether oxygens (including phenoxy) is 1. The van der Waals surface area contributed by atoms with Crippen LogP contribution in [0.3, 0.4) is 0 Å². The van der Waals surface area contributed by atoms with E-state index < -0.39 is 5.97 Å². The molecule has 0 bridgehead atoms. The summed E-state index contributed by atoms with van der Waals surface area (Å²) in [5.41, 5.74) is 0.151. The minimum absolute atomic E-state index is 0.107. The fourth-order valence-corrected chi connectivity index (χ4v) is 2.14. The van der Waals surface area contributed by atoms with Crippen LogP contribution in [0.4, 0.5) is 0 Å². The molecule has 1 fully saturated rings. The highest BCUT2D eigenvalue weighted by Crippen LogP contribution is 2.23. The van der Waals surface area contributed by atoms with Crippen molar-refractivity contribution in [2.45, 2.75) is 25.4 Å². The van der Waals surface area contributed by atoms with E-state index in [2.05, 4.69) is 5.32 Å². The van der Waals surface area contributed by atoms with Crippen molar-refractivity contribution < 1.29 is 19.4 Å². The molecular weight excluding hydrogens is 246 g/mol. The quantitative estimate of drug-likeness (QED) is 0.866. The Hall–Kier alpha value is -1.88. The predicted octanol–water partition coefficient (Wildman–Crippen LogP) is 1.68. The van der Waals surface area contributed by atoms with E-state index in [1.54, 1.807) is 12.1 Å². The Balaban J connectivity index is 1.99. The highest BCUT2D eigenvalue weighted by molar-refractivity contribution is 5.97. The zero-order chi connectivity index (χ0) is 13.9. The molecule has 1 amide bonds. The molecule has 1 atom stereocenters. The van der Waals surface area contributed by atoms with Crippen molar-refractivity contribution in [3.63, 3.8) is 0 Å². The van der Waals surface area contributed by atoms with Crippen LogP contribution < -0.4 is 5.32 Å². The van der Waals surface area contributed by atoms with Gasteiger partial charge in [0.05, 0.1) is 11.2 Å². The van der Waals surface area contributed by atoms with E-state index in [-0.39, 0.29) is 17.1 Å². The number of carbonyl (C=O) groups is 2. The highest BCUT2D eigenvalue weighted by Gasteiger charge is 2.30. The molecule has 1 aliphatic heterocycles. The van der Waals surface area contributed by atoms with Gasteiger partial charge in [0, 0.05) is 18.7 Å². The standard InChI is InChI=1S/C14H17NO4/c1-14(6-3-7-19-14)9-15-12(16)10-4-2-5-11(8-10)13(17)18/h2,4-5,8H,3,6-7,9H2,1H3,(H,15,16)(H,17,18)/t14-/m0/s1. The van der Waals surface area contributed by atoms with Crippen molar-refractivity contribution >= 4 is 11.9 Å². The van der Waals surface area contributed by atoms with E-state index in [1.807, 2.05) is 6.92 Å². The normalized spacial score (nSPS) is 22.2. The lowest BCUT2D eigenvalue weighted by Crippen LogP contribution is -2.40. The number of amides is 1. The van der Waals surface area contributed by atoms with Crippen LogP contribution in [0.5, 0.6) is 0 Å². The monoisotopic (exact) mass is 263 g/mol. The maximum absolute atomic E-state index is 12.0. The fourth-order valence-electron chi connectivity index (χ4n) is 2.14. The van der Waals surface area contributed by atoms with Gasteiger partial charge in [-0.3, -0.25) is 4.79 Å². The Bertz CT molecular complexity index is 492. The molecule has 2 N–H and O–H groups in total. The lowest BCUT2D eigenvalue weighted by atomic mass is 10.0. The Morgan fingerprint density at radius 3 is 2.79 bits per heavy atom.